The van der Waals surface area contributed by atoms with Gasteiger partial charge in [0.25, 0.3) is 0 Å². The van der Waals surface area contributed by atoms with Crippen LogP contribution in [0.5, 0.6) is 0 Å². The average Bonchev–Trinajstić information content (AvgIpc) is 3.49. The van der Waals surface area contributed by atoms with Crippen LogP contribution in [0.3, 0.4) is 0 Å². The third-order valence-electron chi connectivity index (χ3n) is 5.22. The number of esters is 1. The molecule has 0 aliphatic heterocycles. The number of aryl methyl sites for hydroxylation is 2. The summed E-state index contributed by atoms with van der Waals surface area (Å²) in [5.41, 5.74) is 4.20. The zero-order chi connectivity index (χ0) is 21.1. The Balaban J connectivity index is 0.000000177. The molecule has 0 saturated heterocycles. The van der Waals surface area contributed by atoms with Gasteiger partial charge in [0.05, 0.1) is 6.61 Å². The monoisotopic (exact) mass is 436 g/mol. The number of thiophene rings is 2. The number of hydrogen-bond acceptors (Lipinski definition) is 4. The van der Waals surface area contributed by atoms with Gasteiger partial charge >= 0.3 is 5.97 Å². The smallest absolute Gasteiger partial charge is 0.302 e. The Morgan fingerprint density at radius 3 is 2.37 bits per heavy atom. The molecular weight excluding hydrogens is 408 g/mol. The normalized spacial score (nSPS) is 17.2. The lowest BCUT2D eigenvalue weighted by atomic mass is 9.74. The van der Waals surface area contributed by atoms with Crippen molar-refractivity contribution in [2.24, 2.45) is 0 Å². The summed E-state index contributed by atoms with van der Waals surface area (Å²) in [5, 5.41) is 8.63. The van der Waals surface area contributed by atoms with Crippen LogP contribution in [0, 0.1) is 0 Å². The van der Waals surface area contributed by atoms with Gasteiger partial charge in [0.15, 0.2) is 0 Å². The van der Waals surface area contributed by atoms with E-state index in [9.17, 15) is 4.79 Å². The summed E-state index contributed by atoms with van der Waals surface area (Å²) in [6.07, 6.45) is 12.7. The molecule has 0 bridgehead atoms. The molecule has 2 heterocycles. The van der Waals surface area contributed by atoms with Gasteiger partial charge in [-0.2, -0.15) is 22.7 Å². The van der Waals surface area contributed by atoms with Crippen LogP contribution in [0.2, 0.25) is 0 Å². The quantitative estimate of drug-likeness (QED) is 0.373. The molecule has 156 valence electrons. The minimum Gasteiger partial charge on any atom is -0.466 e. The molecule has 4 rings (SSSR count). The molecule has 0 saturated carbocycles. The minimum absolute atomic E-state index is 0.00417. The first-order valence-electron chi connectivity index (χ1n) is 10.2. The largest absolute Gasteiger partial charge is 0.466 e. The third-order valence-corrected chi connectivity index (χ3v) is 6.63. The highest BCUT2D eigenvalue weighted by Crippen LogP contribution is 2.37. The lowest BCUT2D eigenvalue weighted by Gasteiger charge is -2.30. The summed E-state index contributed by atoms with van der Waals surface area (Å²) in [5.74, 6) is -0.208. The summed E-state index contributed by atoms with van der Waals surface area (Å²) in [4.78, 5) is 10.8. The van der Waals surface area contributed by atoms with E-state index in [2.05, 4.69) is 88.3 Å². The number of ether oxygens (including phenoxy) is 1. The zero-order valence-electron chi connectivity index (χ0n) is 17.3. The maximum atomic E-state index is 10.8. The molecule has 0 N–H and O–H groups in total. The molecule has 1 aromatic carbocycles. The first-order valence-corrected chi connectivity index (χ1v) is 12.1. The van der Waals surface area contributed by atoms with Crippen LogP contribution in [0.25, 0.3) is 0 Å². The number of hydrogen-bond donors (Lipinski definition) is 0. The van der Waals surface area contributed by atoms with E-state index in [0.29, 0.717) is 6.61 Å². The molecule has 1 atom stereocenters. The number of carbonyl (C=O) groups excluding carboxylic acids is 1. The topological polar surface area (TPSA) is 26.3 Å². The van der Waals surface area contributed by atoms with Gasteiger partial charge in [0.2, 0.25) is 0 Å². The van der Waals surface area contributed by atoms with Crippen molar-refractivity contribution in [3.63, 3.8) is 0 Å². The fourth-order valence-corrected chi connectivity index (χ4v) is 4.97. The molecule has 0 radical (unpaired) electrons. The fourth-order valence-electron chi connectivity index (χ4n) is 3.50. The van der Waals surface area contributed by atoms with Gasteiger partial charge < -0.3 is 4.74 Å². The van der Waals surface area contributed by atoms with Gasteiger partial charge in [-0.15, -0.1) is 0 Å². The number of rotatable bonds is 7. The van der Waals surface area contributed by atoms with Gasteiger partial charge in [-0.25, -0.2) is 0 Å². The van der Waals surface area contributed by atoms with E-state index in [-0.39, 0.29) is 11.4 Å². The van der Waals surface area contributed by atoms with Crippen molar-refractivity contribution >= 4 is 28.6 Å². The van der Waals surface area contributed by atoms with E-state index >= 15 is 0 Å². The van der Waals surface area contributed by atoms with Crippen molar-refractivity contribution < 1.29 is 9.53 Å². The summed E-state index contributed by atoms with van der Waals surface area (Å²) < 4.78 is 5.07. The Bertz CT molecular complexity index is 925. The number of allylic oxidation sites excluding steroid dienone is 4. The van der Waals surface area contributed by atoms with Gasteiger partial charge in [-0.05, 0) is 76.0 Å². The van der Waals surface area contributed by atoms with Crippen LogP contribution in [0.1, 0.15) is 36.5 Å². The number of benzene rings is 1. The van der Waals surface area contributed by atoms with Crippen molar-refractivity contribution in [1.82, 2.24) is 0 Å². The predicted octanol–water partition coefficient (Wildman–Crippen LogP) is 6.99. The molecular formula is C26H28O2S2. The standard InChI is InChI=1S/C14H16O2S.C12H12S/c1-12(15)16-9-8-14(6-3-2-4-7-14)13-5-10-17-11-13;1-2-4-11(5-3-1)6-7-12-8-9-13-10-12/h2-6,10-11H,7-9H2,1H3;1-5,8-10H,6-7H2. The van der Waals surface area contributed by atoms with Crippen LogP contribution < -0.4 is 0 Å². The van der Waals surface area contributed by atoms with Crippen molar-refractivity contribution in [2.45, 2.75) is 38.0 Å². The molecule has 30 heavy (non-hydrogen) atoms. The van der Waals surface area contributed by atoms with E-state index in [0.717, 1.165) is 25.7 Å². The Morgan fingerprint density at radius 2 is 1.73 bits per heavy atom. The molecule has 1 aliphatic carbocycles. The highest BCUT2D eigenvalue weighted by Gasteiger charge is 2.29. The molecule has 0 amide bonds. The Labute approximate surface area is 187 Å². The molecule has 4 heteroatoms. The SMILES string of the molecule is CC(=O)OCCC1(c2ccsc2)C=CC=CC1.c1ccc(CCc2ccsc2)cc1. The van der Waals surface area contributed by atoms with E-state index in [1.165, 1.54) is 23.6 Å². The highest BCUT2D eigenvalue weighted by atomic mass is 32.1. The average molecular weight is 437 g/mol. The number of carbonyl (C=O) groups is 1. The second-order valence-corrected chi connectivity index (χ2v) is 8.93. The van der Waals surface area contributed by atoms with Crippen LogP contribution in [0.15, 0.2) is 88.3 Å². The maximum Gasteiger partial charge on any atom is 0.302 e. The first kappa shape index (κ1) is 22.3. The van der Waals surface area contributed by atoms with Gasteiger partial charge in [-0.3, -0.25) is 4.79 Å². The fraction of sp³-hybridized carbons (Fsp3) is 0.269. The molecule has 3 aromatic rings. The second kappa shape index (κ2) is 11.7. The minimum atomic E-state index is -0.208. The molecule has 1 unspecified atom stereocenters. The lowest BCUT2D eigenvalue weighted by Crippen LogP contribution is -2.26. The van der Waals surface area contributed by atoms with Gasteiger partial charge in [0, 0.05) is 12.3 Å². The third kappa shape index (κ3) is 6.82. The van der Waals surface area contributed by atoms with Crippen molar-refractivity contribution in [3.05, 3.63) is 105 Å². The Hall–Kier alpha value is -2.43. The van der Waals surface area contributed by atoms with Gasteiger partial charge in [-0.1, -0.05) is 54.6 Å². The van der Waals surface area contributed by atoms with Crippen LogP contribution in [-0.4, -0.2) is 12.6 Å². The predicted molar refractivity (Wildman–Crippen MR) is 128 cm³/mol. The Kier molecular flexibility index (Phi) is 8.66. The van der Waals surface area contributed by atoms with Crippen molar-refractivity contribution in [2.75, 3.05) is 6.61 Å². The van der Waals surface area contributed by atoms with E-state index in [1.807, 2.05) is 0 Å². The highest BCUT2D eigenvalue weighted by molar-refractivity contribution is 7.08. The molecule has 2 aromatic heterocycles. The van der Waals surface area contributed by atoms with Gasteiger partial charge in [0.1, 0.15) is 0 Å². The zero-order valence-corrected chi connectivity index (χ0v) is 19.0. The van der Waals surface area contributed by atoms with E-state index in [1.54, 1.807) is 22.7 Å². The maximum absolute atomic E-state index is 10.8. The first-order chi connectivity index (χ1) is 14.7. The van der Waals surface area contributed by atoms with Crippen molar-refractivity contribution in [3.8, 4) is 0 Å². The summed E-state index contributed by atoms with van der Waals surface area (Å²) in [6.45, 7) is 1.93. The summed E-state index contributed by atoms with van der Waals surface area (Å²) in [7, 11) is 0. The Morgan fingerprint density at radius 1 is 0.967 bits per heavy atom. The van der Waals surface area contributed by atoms with E-state index in [4.69, 9.17) is 4.74 Å². The van der Waals surface area contributed by atoms with E-state index < -0.39 is 0 Å². The molecule has 2 nitrogen and oxygen atoms in total. The molecule has 0 spiro atoms. The van der Waals surface area contributed by atoms with Crippen LogP contribution >= 0.6 is 22.7 Å². The van der Waals surface area contributed by atoms with Crippen molar-refractivity contribution in [1.29, 1.82) is 0 Å². The van der Waals surface area contributed by atoms with Crippen LogP contribution in [-0.2, 0) is 27.8 Å². The second-order valence-electron chi connectivity index (χ2n) is 7.37. The summed E-state index contributed by atoms with van der Waals surface area (Å²) in [6, 6.07) is 15.0. The molecule has 0 fully saturated rings. The summed E-state index contributed by atoms with van der Waals surface area (Å²) >= 11 is 3.48. The molecule has 1 aliphatic rings. The van der Waals surface area contributed by atoms with Crippen LogP contribution in [0.4, 0.5) is 0 Å². The lowest BCUT2D eigenvalue weighted by molar-refractivity contribution is -0.141.